The van der Waals surface area contributed by atoms with Gasteiger partial charge in [-0.25, -0.2) is 4.39 Å². The zero-order valence-electron chi connectivity index (χ0n) is 11.2. The Balaban J connectivity index is 1.92. The molecule has 0 radical (unpaired) electrons. The van der Waals surface area contributed by atoms with Gasteiger partial charge in [0, 0.05) is 0 Å². The van der Waals surface area contributed by atoms with Crippen LogP contribution < -0.4 is 5.46 Å². The molecule has 1 fully saturated rings. The van der Waals surface area contributed by atoms with Gasteiger partial charge in [-0.3, -0.25) is 0 Å². The van der Waals surface area contributed by atoms with E-state index in [9.17, 15) is 4.39 Å². The Morgan fingerprint density at radius 3 is 2.53 bits per heavy atom. The maximum absolute atomic E-state index is 13.3. The zero-order chi connectivity index (χ0) is 13.8. The Morgan fingerprint density at radius 1 is 1.21 bits per heavy atom. The van der Waals surface area contributed by atoms with Crippen LogP contribution in [0.3, 0.4) is 0 Å². The highest BCUT2D eigenvalue weighted by molar-refractivity contribution is 6.58. The van der Waals surface area contributed by atoms with Crippen LogP contribution in [-0.2, 0) is 11.3 Å². The molecule has 104 valence electrons. The average molecular weight is 266 g/mol. The smallest absolute Gasteiger partial charge is 0.423 e. The molecule has 0 spiro atoms. The SMILES string of the molecule is CC1CCC(OCc2cc(F)cc(B(O)O)c2)CC1. The van der Waals surface area contributed by atoms with Crippen LogP contribution in [0.1, 0.15) is 38.2 Å². The molecular weight excluding hydrogens is 246 g/mol. The van der Waals surface area contributed by atoms with Gasteiger partial charge in [-0.15, -0.1) is 0 Å². The van der Waals surface area contributed by atoms with Crippen LogP contribution in [0.25, 0.3) is 0 Å². The molecule has 5 heteroatoms. The first-order valence-corrected chi connectivity index (χ1v) is 6.81. The minimum absolute atomic E-state index is 0.163. The molecule has 0 heterocycles. The van der Waals surface area contributed by atoms with Crippen LogP contribution in [0.2, 0.25) is 0 Å². The number of hydrogen-bond donors (Lipinski definition) is 2. The Hall–Kier alpha value is -0.905. The molecule has 0 unspecified atom stereocenters. The van der Waals surface area contributed by atoms with Gasteiger partial charge >= 0.3 is 7.12 Å². The second-order valence-electron chi connectivity index (χ2n) is 5.46. The lowest BCUT2D eigenvalue weighted by molar-refractivity contribution is 0.00870. The predicted molar refractivity (Wildman–Crippen MR) is 72.4 cm³/mol. The maximum atomic E-state index is 13.3. The van der Waals surface area contributed by atoms with E-state index in [4.69, 9.17) is 14.8 Å². The normalized spacial score (nSPS) is 23.4. The molecule has 0 aromatic heterocycles. The summed E-state index contributed by atoms with van der Waals surface area (Å²) in [5.41, 5.74) is 0.803. The molecule has 1 aromatic carbocycles. The minimum atomic E-state index is -1.65. The fourth-order valence-corrected chi connectivity index (χ4v) is 2.52. The Morgan fingerprint density at radius 2 is 1.89 bits per heavy atom. The molecule has 0 saturated heterocycles. The largest absolute Gasteiger partial charge is 0.488 e. The van der Waals surface area contributed by atoms with Crippen molar-refractivity contribution >= 4 is 12.6 Å². The van der Waals surface area contributed by atoms with Crippen molar-refractivity contribution in [1.29, 1.82) is 0 Å². The van der Waals surface area contributed by atoms with E-state index in [1.807, 2.05) is 0 Å². The summed E-state index contributed by atoms with van der Waals surface area (Å²) >= 11 is 0. The van der Waals surface area contributed by atoms with Crippen LogP contribution >= 0.6 is 0 Å². The molecule has 1 aromatic rings. The van der Waals surface area contributed by atoms with Gasteiger partial charge in [0.15, 0.2) is 0 Å². The molecule has 0 aliphatic heterocycles. The Labute approximate surface area is 113 Å². The molecule has 2 N–H and O–H groups in total. The lowest BCUT2D eigenvalue weighted by Gasteiger charge is -2.26. The van der Waals surface area contributed by atoms with Gasteiger partial charge in [0.2, 0.25) is 0 Å². The van der Waals surface area contributed by atoms with E-state index < -0.39 is 12.9 Å². The monoisotopic (exact) mass is 266 g/mol. The van der Waals surface area contributed by atoms with Crippen molar-refractivity contribution in [3.8, 4) is 0 Å². The van der Waals surface area contributed by atoms with Crippen molar-refractivity contribution in [3.05, 3.63) is 29.6 Å². The Kier molecular flexibility index (Phi) is 4.96. The third kappa shape index (κ3) is 4.30. The standard InChI is InChI=1S/C14H20BFO3/c1-10-2-4-14(5-3-10)19-9-11-6-12(15(17)18)8-13(16)7-11/h6-8,10,14,17-18H,2-5,9H2,1H3. The lowest BCUT2D eigenvalue weighted by atomic mass is 9.79. The van der Waals surface area contributed by atoms with Crippen molar-refractivity contribution < 1.29 is 19.2 Å². The van der Waals surface area contributed by atoms with Crippen LogP contribution in [0.5, 0.6) is 0 Å². The molecule has 0 amide bonds. The highest BCUT2D eigenvalue weighted by atomic mass is 19.1. The summed E-state index contributed by atoms with van der Waals surface area (Å²) in [5, 5.41) is 18.1. The predicted octanol–water partition coefficient (Wildman–Crippen LogP) is 1.60. The summed E-state index contributed by atoms with van der Waals surface area (Å²) in [6, 6.07) is 4.06. The maximum Gasteiger partial charge on any atom is 0.488 e. The first kappa shape index (κ1) is 14.5. The molecular formula is C14H20BFO3. The lowest BCUT2D eigenvalue weighted by Crippen LogP contribution is -2.30. The van der Waals surface area contributed by atoms with Gasteiger partial charge in [0.1, 0.15) is 5.82 Å². The molecule has 1 aliphatic carbocycles. The number of benzene rings is 1. The van der Waals surface area contributed by atoms with Gasteiger partial charge < -0.3 is 14.8 Å². The van der Waals surface area contributed by atoms with E-state index in [-0.39, 0.29) is 11.6 Å². The summed E-state index contributed by atoms with van der Waals surface area (Å²) in [6.45, 7) is 2.56. The quantitative estimate of drug-likeness (QED) is 0.814. The second kappa shape index (κ2) is 6.50. The van der Waals surface area contributed by atoms with Crippen molar-refractivity contribution in [1.82, 2.24) is 0 Å². The molecule has 1 aliphatic rings. The summed E-state index contributed by atoms with van der Waals surface area (Å²) in [7, 11) is -1.65. The summed E-state index contributed by atoms with van der Waals surface area (Å²) in [4.78, 5) is 0. The fourth-order valence-electron chi connectivity index (χ4n) is 2.52. The number of hydrogen-bond acceptors (Lipinski definition) is 3. The van der Waals surface area contributed by atoms with Gasteiger partial charge in [0.05, 0.1) is 12.7 Å². The minimum Gasteiger partial charge on any atom is -0.423 e. The average Bonchev–Trinajstić information content (AvgIpc) is 2.37. The topological polar surface area (TPSA) is 49.7 Å². The van der Waals surface area contributed by atoms with E-state index in [2.05, 4.69) is 6.92 Å². The van der Waals surface area contributed by atoms with E-state index in [1.54, 1.807) is 6.07 Å². The zero-order valence-corrected chi connectivity index (χ0v) is 11.2. The third-order valence-electron chi connectivity index (χ3n) is 3.73. The first-order valence-electron chi connectivity index (χ1n) is 6.81. The van der Waals surface area contributed by atoms with Crippen LogP contribution in [0.4, 0.5) is 4.39 Å². The van der Waals surface area contributed by atoms with E-state index in [1.165, 1.54) is 18.9 Å². The van der Waals surface area contributed by atoms with Crippen LogP contribution in [0.15, 0.2) is 18.2 Å². The van der Waals surface area contributed by atoms with Crippen molar-refractivity contribution in [3.63, 3.8) is 0 Å². The molecule has 2 rings (SSSR count). The summed E-state index contributed by atoms with van der Waals surface area (Å²) < 4.78 is 19.1. The molecule has 3 nitrogen and oxygen atoms in total. The highest BCUT2D eigenvalue weighted by Gasteiger charge is 2.19. The van der Waals surface area contributed by atoms with Crippen molar-refractivity contribution in [2.24, 2.45) is 5.92 Å². The number of ether oxygens (including phenoxy) is 1. The van der Waals surface area contributed by atoms with E-state index in [0.717, 1.165) is 24.8 Å². The van der Waals surface area contributed by atoms with E-state index in [0.29, 0.717) is 12.2 Å². The van der Waals surface area contributed by atoms with Crippen molar-refractivity contribution in [2.75, 3.05) is 0 Å². The van der Waals surface area contributed by atoms with Gasteiger partial charge in [-0.05, 0) is 54.8 Å². The van der Waals surface area contributed by atoms with E-state index >= 15 is 0 Å². The summed E-state index contributed by atoms with van der Waals surface area (Å²) in [5.74, 6) is 0.298. The number of rotatable bonds is 4. The molecule has 19 heavy (non-hydrogen) atoms. The van der Waals surface area contributed by atoms with Gasteiger partial charge in [-0.2, -0.15) is 0 Å². The molecule has 1 saturated carbocycles. The summed E-state index contributed by atoms with van der Waals surface area (Å²) in [6.07, 6.45) is 4.68. The number of halogens is 1. The molecule has 0 atom stereocenters. The third-order valence-corrected chi connectivity index (χ3v) is 3.73. The fraction of sp³-hybridized carbons (Fsp3) is 0.571. The van der Waals surface area contributed by atoms with Crippen LogP contribution in [-0.4, -0.2) is 23.3 Å². The van der Waals surface area contributed by atoms with Crippen LogP contribution in [0, 0.1) is 11.7 Å². The molecule has 0 bridgehead atoms. The van der Waals surface area contributed by atoms with Gasteiger partial charge in [0.25, 0.3) is 0 Å². The van der Waals surface area contributed by atoms with Gasteiger partial charge in [-0.1, -0.05) is 13.0 Å². The van der Waals surface area contributed by atoms with Crippen molar-refractivity contribution in [2.45, 2.75) is 45.3 Å². The first-order chi connectivity index (χ1) is 9.04. The highest BCUT2D eigenvalue weighted by Crippen LogP contribution is 2.26. The second-order valence-corrected chi connectivity index (χ2v) is 5.46. The Bertz CT molecular complexity index is 417.